The van der Waals surface area contributed by atoms with Gasteiger partial charge in [0.15, 0.2) is 5.82 Å². The molecule has 0 aromatic carbocycles. The summed E-state index contributed by atoms with van der Waals surface area (Å²) in [6, 6.07) is 3.44. The maximum Gasteiger partial charge on any atom is 0.265 e. The molecule has 2 aromatic heterocycles. The van der Waals surface area contributed by atoms with Crippen LogP contribution in [-0.2, 0) is 5.41 Å². The Kier molecular flexibility index (Phi) is 3.78. The minimum atomic E-state index is -0.261. The molecule has 0 amide bonds. The molecule has 2 aromatic rings. The van der Waals surface area contributed by atoms with Crippen LogP contribution in [0.5, 0.6) is 0 Å². The van der Waals surface area contributed by atoms with Crippen LogP contribution in [0.3, 0.4) is 0 Å². The van der Waals surface area contributed by atoms with Gasteiger partial charge in [-0.1, -0.05) is 32.4 Å². The first-order chi connectivity index (χ1) is 8.80. The molecule has 1 N–H and O–H groups in total. The van der Waals surface area contributed by atoms with Gasteiger partial charge in [-0.15, -0.1) is 0 Å². The smallest absolute Gasteiger partial charge is 0.265 e. The van der Waals surface area contributed by atoms with Crippen molar-refractivity contribution in [3.8, 4) is 11.5 Å². The van der Waals surface area contributed by atoms with Gasteiger partial charge < -0.3 is 4.98 Å². The topological polar surface area (TPSA) is 58.6 Å². The third-order valence-electron chi connectivity index (χ3n) is 2.56. The maximum atomic E-state index is 12.0. The Morgan fingerprint density at radius 1 is 1.37 bits per heavy atom. The van der Waals surface area contributed by atoms with Crippen molar-refractivity contribution in [2.75, 3.05) is 0 Å². The maximum absolute atomic E-state index is 12.0. The highest BCUT2D eigenvalue weighted by Gasteiger charge is 2.23. The fourth-order valence-electron chi connectivity index (χ4n) is 1.63. The van der Waals surface area contributed by atoms with Gasteiger partial charge in [0.1, 0.15) is 10.2 Å². The number of aromatic amines is 1. The number of pyridine rings is 1. The summed E-state index contributed by atoms with van der Waals surface area (Å²) in [5.41, 5.74) is 0.646. The van der Waals surface area contributed by atoms with E-state index in [0.29, 0.717) is 26.7 Å². The minimum absolute atomic E-state index is 0.239. The van der Waals surface area contributed by atoms with Crippen molar-refractivity contribution in [2.45, 2.75) is 26.2 Å². The van der Waals surface area contributed by atoms with Crippen LogP contribution in [0.4, 0.5) is 0 Å². The number of hydrogen-bond acceptors (Lipinski definition) is 3. The monoisotopic (exact) mass is 341 g/mol. The predicted molar refractivity (Wildman–Crippen MR) is 79.5 cm³/mol. The normalized spacial score (nSPS) is 11.6. The van der Waals surface area contributed by atoms with Crippen molar-refractivity contribution in [3.05, 3.63) is 43.9 Å². The third kappa shape index (κ3) is 2.87. The molecule has 0 aliphatic rings. The van der Waals surface area contributed by atoms with Crippen LogP contribution in [0.15, 0.2) is 27.6 Å². The van der Waals surface area contributed by atoms with Crippen molar-refractivity contribution in [1.82, 2.24) is 15.0 Å². The van der Waals surface area contributed by atoms with Crippen LogP contribution in [0, 0.1) is 0 Å². The predicted octanol–water partition coefficient (Wildman–Crippen LogP) is 3.55. The summed E-state index contributed by atoms with van der Waals surface area (Å²) in [4.78, 5) is 23.3. The van der Waals surface area contributed by atoms with Crippen LogP contribution < -0.4 is 5.56 Å². The summed E-state index contributed by atoms with van der Waals surface area (Å²) in [6.07, 6.45) is 1.61. The molecular formula is C13H13BrClN3O. The Hall–Kier alpha value is -1.20. The molecule has 0 aliphatic heterocycles. The summed E-state index contributed by atoms with van der Waals surface area (Å²) in [5.74, 6) is 0.378. The van der Waals surface area contributed by atoms with Crippen molar-refractivity contribution in [1.29, 1.82) is 0 Å². The molecule has 4 nitrogen and oxygen atoms in total. The van der Waals surface area contributed by atoms with Crippen molar-refractivity contribution in [2.24, 2.45) is 0 Å². The van der Waals surface area contributed by atoms with E-state index in [9.17, 15) is 4.79 Å². The van der Waals surface area contributed by atoms with E-state index in [0.717, 1.165) is 0 Å². The Morgan fingerprint density at radius 2 is 2.05 bits per heavy atom. The molecule has 0 aliphatic carbocycles. The second-order valence-electron chi connectivity index (χ2n) is 5.16. The zero-order chi connectivity index (χ0) is 14.2. The second-order valence-corrected chi connectivity index (χ2v) is 6.36. The minimum Gasteiger partial charge on any atom is -0.304 e. The molecule has 2 rings (SSSR count). The standard InChI is InChI=1S/C13H13BrClN3O/c1-13(2,3)10-8(14)12(19)18-11(17-10)9-7(15)5-4-6-16-9/h4-6H,1-3H3,(H,17,18,19). The van der Waals surface area contributed by atoms with Crippen LogP contribution in [0.25, 0.3) is 11.5 Å². The van der Waals surface area contributed by atoms with Crippen LogP contribution in [0.2, 0.25) is 5.02 Å². The van der Waals surface area contributed by atoms with E-state index in [4.69, 9.17) is 11.6 Å². The quantitative estimate of drug-likeness (QED) is 0.862. The molecule has 0 spiro atoms. The lowest BCUT2D eigenvalue weighted by molar-refractivity contribution is 0.562. The molecule has 0 unspecified atom stereocenters. The van der Waals surface area contributed by atoms with Gasteiger partial charge in [0.25, 0.3) is 5.56 Å². The molecule has 0 fully saturated rings. The Bertz CT molecular complexity index is 676. The SMILES string of the molecule is CC(C)(C)c1nc(-c2ncccc2Cl)[nH]c(=O)c1Br. The Labute approximate surface area is 124 Å². The number of hydrogen-bond donors (Lipinski definition) is 1. The Balaban J connectivity index is 2.71. The zero-order valence-corrected chi connectivity index (χ0v) is 13.1. The third-order valence-corrected chi connectivity index (χ3v) is 3.60. The molecule has 0 bridgehead atoms. The molecule has 6 heteroatoms. The summed E-state index contributed by atoms with van der Waals surface area (Å²) in [6.45, 7) is 5.97. The van der Waals surface area contributed by atoms with Gasteiger partial charge in [0, 0.05) is 11.6 Å². The van der Waals surface area contributed by atoms with Gasteiger partial charge in [-0.3, -0.25) is 9.78 Å². The number of halogens is 2. The highest BCUT2D eigenvalue weighted by atomic mass is 79.9. The molecule has 0 saturated heterocycles. The van der Waals surface area contributed by atoms with Crippen molar-refractivity contribution in [3.63, 3.8) is 0 Å². The van der Waals surface area contributed by atoms with E-state index in [1.54, 1.807) is 18.3 Å². The van der Waals surface area contributed by atoms with E-state index in [1.165, 1.54) is 0 Å². The second kappa shape index (κ2) is 5.06. The van der Waals surface area contributed by atoms with Gasteiger partial charge in [0.2, 0.25) is 0 Å². The van der Waals surface area contributed by atoms with Crippen LogP contribution in [-0.4, -0.2) is 15.0 Å². The summed E-state index contributed by atoms with van der Waals surface area (Å²) in [7, 11) is 0. The lowest BCUT2D eigenvalue weighted by Gasteiger charge is -2.19. The highest BCUT2D eigenvalue weighted by molar-refractivity contribution is 9.10. The summed E-state index contributed by atoms with van der Waals surface area (Å²) >= 11 is 9.36. The first-order valence-corrected chi connectivity index (χ1v) is 6.89. The average molecular weight is 343 g/mol. The van der Waals surface area contributed by atoms with Crippen LogP contribution in [0.1, 0.15) is 26.5 Å². The first kappa shape index (κ1) is 14.2. The number of nitrogens with zero attached hydrogens (tertiary/aromatic N) is 2. The lowest BCUT2D eigenvalue weighted by Crippen LogP contribution is -2.22. The molecule has 2 heterocycles. The largest absolute Gasteiger partial charge is 0.304 e. The fourth-order valence-corrected chi connectivity index (χ4v) is 2.62. The average Bonchev–Trinajstić information content (AvgIpc) is 2.31. The van der Waals surface area contributed by atoms with Crippen molar-refractivity contribution < 1.29 is 0 Å². The number of nitrogens with one attached hydrogen (secondary N) is 1. The van der Waals surface area contributed by atoms with E-state index in [2.05, 4.69) is 30.9 Å². The molecule has 100 valence electrons. The molecule has 19 heavy (non-hydrogen) atoms. The number of rotatable bonds is 1. The van der Waals surface area contributed by atoms with E-state index in [1.807, 2.05) is 20.8 Å². The van der Waals surface area contributed by atoms with Gasteiger partial charge in [-0.05, 0) is 28.1 Å². The lowest BCUT2D eigenvalue weighted by atomic mass is 9.92. The van der Waals surface area contributed by atoms with Gasteiger partial charge in [-0.2, -0.15) is 0 Å². The molecule has 0 atom stereocenters. The summed E-state index contributed by atoms with van der Waals surface area (Å²) < 4.78 is 0.441. The van der Waals surface area contributed by atoms with E-state index >= 15 is 0 Å². The van der Waals surface area contributed by atoms with Gasteiger partial charge in [-0.25, -0.2) is 4.98 Å². The van der Waals surface area contributed by atoms with Crippen molar-refractivity contribution >= 4 is 27.5 Å². The highest BCUT2D eigenvalue weighted by Crippen LogP contribution is 2.28. The van der Waals surface area contributed by atoms with Gasteiger partial charge in [0.05, 0.1) is 10.7 Å². The Morgan fingerprint density at radius 3 is 2.63 bits per heavy atom. The van der Waals surface area contributed by atoms with E-state index < -0.39 is 0 Å². The molecule has 0 saturated carbocycles. The molecular weight excluding hydrogens is 330 g/mol. The van der Waals surface area contributed by atoms with Gasteiger partial charge >= 0.3 is 0 Å². The zero-order valence-electron chi connectivity index (χ0n) is 10.8. The number of H-pyrrole nitrogens is 1. The first-order valence-electron chi connectivity index (χ1n) is 5.72. The van der Waals surface area contributed by atoms with E-state index in [-0.39, 0.29) is 11.0 Å². The fraction of sp³-hybridized carbons (Fsp3) is 0.308. The summed E-state index contributed by atoms with van der Waals surface area (Å²) in [5, 5.41) is 0.452. The molecule has 0 radical (unpaired) electrons. The van der Waals surface area contributed by atoms with Crippen LogP contribution >= 0.6 is 27.5 Å². The number of aromatic nitrogens is 3.